The van der Waals surface area contributed by atoms with Gasteiger partial charge in [-0.15, -0.1) is 0 Å². The molecular formula is C13H16NOS+. The van der Waals surface area contributed by atoms with Crippen molar-refractivity contribution < 1.29 is 10.4 Å². The summed E-state index contributed by atoms with van der Waals surface area (Å²) in [4.78, 5) is 0. The average Bonchev–Trinajstić information content (AvgIpc) is 2.83. The summed E-state index contributed by atoms with van der Waals surface area (Å²) < 4.78 is 0. The zero-order valence-electron chi connectivity index (χ0n) is 9.04. The predicted molar refractivity (Wildman–Crippen MR) is 66.2 cm³/mol. The number of benzene rings is 1. The Labute approximate surface area is 99.6 Å². The van der Waals surface area contributed by atoms with Crippen LogP contribution in [0.5, 0.6) is 0 Å². The van der Waals surface area contributed by atoms with E-state index in [1.54, 1.807) is 11.3 Å². The molecule has 0 amide bonds. The highest BCUT2D eigenvalue weighted by Crippen LogP contribution is 2.09. The van der Waals surface area contributed by atoms with Crippen molar-refractivity contribution in [2.45, 2.75) is 12.6 Å². The molecule has 84 valence electrons. The van der Waals surface area contributed by atoms with Gasteiger partial charge >= 0.3 is 0 Å². The summed E-state index contributed by atoms with van der Waals surface area (Å²) in [6, 6.07) is 11.9. The summed E-state index contributed by atoms with van der Waals surface area (Å²) in [6.07, 6.45) is -0.375. The number of rotatable bonds is 5. The first kappa shape index (κ1) is 11.3. The highest BCUT2D eigenvalue weighted by molar-refractivity contribution is 7.07. The molecule has 0 fully saturated rings. The second-order valence-corrected chi connectivity index (χ2v) is 4.57. The fourth-order valence-electron chi connectivity index (χ4n) is 1.63. The van der Waals surface area contributed by atoms with Gasteiger partial charge in [0.2, 0.25) is 0 Å². The molecule has 2 nitrogen and oxygen atoms in total. The molecule has 0 bridgehead atoms. The molecule has 0 unspecified atom stereocenters. The molecule has 0 aliphatic heterocycles. The third kappa shape index (κ3) is 3.17. The van der Waals surface area contributed by atoms with Gasteiger partial charge < -0.3 is 10.4 Å². The van der Waals surface area contributed by atoms with Crippen LogP contribution in [0.4, 0.5) is 0 Å². The lowest BCUT2D eigenvalue weighted by atomic mass is 10.1. The highest BCUT2D eigenvalue weighted by Gasteiger charge is 2.08. The lowest BCUT2D eigenvalue weighted by molar-refractivity contribution is -0.677. The minimum atomic E-state index is -0.375. The van der Waals surface area contributed by atoms with Crippen LogP contribution < -0.4 is 5.32 Å². The van der Waals surface area contributed by atoms with Gasteiger partial charge in [0.1, 0.15) is 19.2 Å². The predicted octanol–water partition coefficient (Wildman–Crippen LogP) is 1.55. The summed E-state index contributed by atoms with van der Waals surface area (Å²) in [5, 5.41) is 16.3. The molecule has 0 aliphatic rings. The van der Waals surface area contributed by atoms with E-state index >= 15 is 0 Å². The Kier molecular flexibility index (Phi) is 4.10. The van der Waals surface area contributed by atoms with Crippen molar-refractivity contribution in [1.29, 1.82) is 0 Å². The summed E-state index contributed by atoms with van der Waals surface area (Å²) in [5.74, 6) is 0. The van der Waals surface area contributed by atoms with Crippen LogP contribution in [0.25, 0.3) is 0 Å². The van der Waals surface area contributed by atoms with E-state index in [1.165, 1.54) is 5.56 Å². The van der Waals surface area contributed by atoms with Crippen LogP contribution >= 0.6 is 11.3 Å². The van der Waals surface area contributed by atoms with Crippen LogP contribution in [0, 0.1) is 0 Å². The molecule has 0 aliphatic carbocycles. The summed E-state index contributed by atoms with van der Waals surface area (Å²) in [5.41, 5.74) is 2.31. The Balaban J connectivity index is 1.78. The van der Waals surface area contributed by atoms with E-state index < -0.39 is 0 Å². The molecule has 1 heterocycles. The monoisotopic (exact) mass is 234 g/mol. The van der Waals surface area contributed by atoms with Gasteiger partial charge in [-0.1, -0.05) is 30.3 Å². The van der Waals surface area contributed by atoms with Crippen LogP contribution in [-0.4, -0.2) is 11.7 Å². The largest absolute Gasteiger partial charge is 0.382 e. The topological polar surface area (TPSA) is 36.8 Å². The number of nitrogens with two attached hydrogens (primary N) is 1. The van der Waals surface area contributed by atoms with Crippen molar-refractivity contribution in [1.82, 2.24) is 0 Å². The Morgan fingerprint density at radius 2 is 2.00 bits per heavy atom. The molecule has 1 aromatic heterocycles. The van der Waals surface area contributed by atoms with Gasteiger partial charge in [-0.2, -0.15) is 11.3 Å². The van der Waals surface area contributed by atoms with Crippen molar-refractivity contribution in [2.75, 3.05) is 6.54 Å². The molecule has 3 N–H and O–H groups in total. The zero-order chi connectivity index (χ0) is 11.2. The standard InChI is InChI=1S/C13H15NOS/c15-13(12-4-2-1-3-5-12)9-14-8-11-6-7-16-10-11/h1-7,10,13-15H,8-9H2/p+1/t13-/m1/s1. The van der Waals surface area contributed by atoms with Gasteiger partial charge in [0.05, 0.1) is 0 Å². The quantitative estimate of drug-likeness (QED) is 0.809. The summed E-state index contributed by atoms with van der Waals surface area (Å²) in [7, 11) is 0. The maximum Gasteiger partial charge on any atom is 0.128 e. The van der Waals surface area contributed by atoms with Crippen molar-refractivity contribution in [3.63, 3.8) is 0 Å². The molecule has 2 rings (SSSR count). The molecule has 1 aromatic carbocycles. The van der Waals surface area contributed by atoms with Crippen LogP contribution in [0.1, 0.15) is 17.2 Å². The SMILES string of the molecule is O[C@H](C[NH2+]Cc1ccsc1)c1ccccc1. The number of hydrogen-bond acceptors (Lipinski definition) is 2. The molecular weight excluding hydrogens is 218 g/mol. The van der Waals surface area contributed by atoms with Crippen LogP contribution in [0.3, 0.4) is 0 Å². The van der Waals surface area contributed by atoms with Crippen molar-refractivity contribution in [3.05, 3.63) is 58.3 Å². The molecule has 1 atom stereocenters. The van der Waals surface area contributed by atoms with Crippen molar-refractivity contribution in [3.8, 4) is 0 Å². The van der Waals surface area contributed by atoms with E-state index in [2.05, 4.69) is 22.1 Å². The minimum absolute atomic E-state index is 0.375. The van der Waals surface area contributed by atoms with Gasteiger partial charge in [0.25, 0.3) is 0 Å². The number of quaternary nitrogens is 1. The maximum atomic E-state index is 9.92. The van der Waals surface area contributed by atoms with Crippen LogP contribution in [-0.2, 0) is 6.54 Å². The summed E-state index contributed by atoms with van der Waals surface area (Å²) >= 11 is 1.71. The smallest absolute Gasteiger partial charge is 0.128 e. The van der Waals surface area contributed by atoms with Gasteiger partial charge in [-0.25, -0.2) is 0 Å². The molecule has 0 saturated heterocycles. The first-order valence-electron chi connectivity index (χ1n) is 5.42. The Hall–Kier alpha value is -1.16. The Morgan fingerprint density at radius 1 is 1.19 bits per heavy atom. The van der Waals surface area contributed by atoms with E-state index in [0.29, 0.717) is 6.54 Å². The fraction of sp³-hybridized carbons (Fsp3) is 0.231. The first-order valence-corrected chi connectivity index (χ1v) is 6.36. The lowest BCUT2D eigenvalue weighted by Crippen LogP contribution is -2.83. The third-order valence-corrected chi connectivity index (χ3v) is 3.27. The second kappa shape index (κ2) is 5.80. The molecule has 16 heavy (non-hydrogen) atoms. The van der Waals surface area contributed by atoms with Gasteiger partial charge in [-0.05, 0) is 22.4 Å². The number of aliphatic hydroxyl groups excluding tert-OH is 1. The van der Waals surface area contributed by atoms with Crippen LogP contribution in [0.15, 0.2) is 47.2 Å². The summed E-state index contributed by atoms with van der Waals surface area (Å²) in [6.45, 7) is 1.65. The highest BCUT2D eigenvalue weighted by atomic mass is 32.1. The van der Waals surface area contributed by atoms with Gasteiger partial charge in [0, 0.05) is 5.56 Å². The normalized spacial score (nSPS) is 12.6. The average molecular weight is 234 g/mol. The molecule has 0 spiro atoms. The van der Waals surface area contributed by atoms with Crippen molar-refractivity contribution >= 4 is 11.3 Å². The Morgan fingerprint density at radius 3 is 2.69 bits per heavy atom. The van der Waals surface area contributed by atoms with E-state index in [0.717, 1.165) is 12.1 Å². The number of hydrogen-bond donors (Lipinski definition) is 2. The lowest BCUT2D eigenvalue weighted by Gasteiger charge is -2.09. The van der Waals surface area contributed by atoms with E-state index in [-0.39, 0.29) is 6.10 Å². The van der Waals surface area contributed by atoms with E-state index in [1.807, 2.05) is 30.3 Å². The molecule has 3 heteroatoms. The van der Waals surface area contributed by atoms with E-state index in [9.17, 15) is 5.11 Å². The van der Waals surface area contributed by atoms with Gasteiger partial charge in [-0.3, -0.25) is 0 Å². The zero-order valence-corrected chi connectivity index (χ0v) is 9.86. The van der Waals surface area contributed by atoms with E-state index in [4.69, 9.17) is 0 Å². The molecule has 2 aromatic rings. The number of thiophene rings is 1. The molecule has 0 radical (unpaired) electrons. The molecule has 0 saturated carbocycles. The van der Waals surface area contributed by atoms with Crippen LogP contribution in [0.2, 0.25) is 0 Å². The van der Waals surface area contributed by atoms with Crippen molar-refractivity contribution in [2.24, 2.45) is 0 Å². The minimum Gasteiger partial charge on any atom is -0.382 e. The third-order valence-electron chi connectivity index (χ3n) is 2.53. The fourth-order valence-corrected chi connectivity index (χ4v) is 2.31. The first-order chi connectivity index (χ1) is 7.86. The maximum absolute atomic E-state index is 9.92. The number of aliphatic hydroxyl groups is 1. The Bertz CT molecular complexity index is 399. The van der Waals surface area contributed by atoms with Gasteiger partial charge in [0.15, 0.2) is 0 Å². The second-order valence-electron chi connectivity index (χ2n) is 3.79.